The van der Waals surface area contributed by atoms with Gasteiger partial charge in [0, 0.05) is 13.3 Å². The number of aryl methyl sites for hydroxylation is 1. The lowest BCUT2D eigenvalue weighted by atomic mass is 10.1. The highest BCUT2D eigenvalue weighted by Crippen LogP contribution is 2.23. The quantitative estimate of drug-likeness (QED) is 0.270. The summed E-state index contributed by atoms with van der Waals surface area (Å²) in [6.07, 6.45) is 3.92. The summed E-state index contributed by atoms with van der Waals surface area (Å²) < 4.78 is 61.0. The van der Waals surface area contributed by atoms with Gasteiger partial charge in [0.1, 0.15) is 28.7 Å². The number of nitriles is 1. The fraction of sp³-hybridized carbons (Fsp3) is 0.440. The number of carbonyl (C=O) groups excluding carboxylic acids is 1. The molecule has 0 atom stereocenters. The molecule has 0 radical (unpaired) electrons. The number of benzene rings is 2. The molecule has 0 spiro atoms. The number of nitrogens with two attached hydrogens (primary N) is 1. The Bertz CT molecular complexity index is 939. The van der Waals surface area contributed by atoms with Gasteiger partial charge in [-0.05, 0) is 55.7 Å². The summed E-state index contributed by atoms with van der Waals surface area (Å²) in [4.78, 5) is 10.5. The Labute approximate surface area is 197 Å². The maximum absolute atomic E-state index is 13.0. The van der Waals surface area contributed by atoms with Crippen LogP contribution in [0.25, 0.3) is 0 Å². The third-order valence-corrected chi connectivity index (χ3v) is 4.60. The first kappa shape index (κ1) is 28.8. The summed E-state index contributed by atoms with van der Waals surface area (Å²) in [5.41, 5.74) is 4.29. The molecule has 0 aliphatic rings. The maximum atomic E-state index is 13.0. The van der Waals surface area contributed by atoms with Crippen molar-refractivity contribution < 1.29 is 31.8 Å². The minimum absolute atomic E-state index is 0.122. The molecule has 0 heterocycles. The fourth-order valence-corrected chi connectivity index (χ4v) is 2.90. The van der Waals surface area contributed by atoms with E-state index in [9.17, 15) is 22.4 Å². The van der Waals surface area contributed by atoms with E-state index in [0.29, 0.717) is 25.7 Å². The molecular weight excluding hydrogens is 452 g/mol. The van der Waals surface area contributed by atoms with Crippen LogP contribution in [0.1, 0.15) is 67.8 Å². The second-order valence-corrected chi connectivity index (χ2v) is 7.68. The number of unbranched alkanes of at least 4 members (excludes halogenated alkanes) is 6. The first-order valence-electron chi connectivity index (χ1n) is 11.0. The molecule has 5 nitrogen and oxygen atoms in total. The van der Waals surface area contributed by atoms with Gasteiger partial charge in [0.05, 0.1) is 12.7 Å². The van der Waals surface area contributed by atoms with Crippen molar-refractivity contribution in [1.29, 1.82) is 5.26 Å². The van der Waals surface area contributed by atoms with Gasteiger partial charge in [-0.1, -0.05) is 31.7 Å². The van der Waals surface area contributed by atoms with Crippen LogP contribution >= 0.6 is 0 Å². The van der Waals surface area contributed by atoms with E-state index in [1.165, 1.54) is 25.1 Å². The van der Waals surface area contributed by atoms with Gasteiger partial charge < -0.3 is 15.2 Å². The molecule has 0 saturated heterocycles. The number of halogens is 4. The van der Waals surface area contributed by atoms with E-state index in [1.54, 1.807) is 12.1 Å². The number of hydrogen-bond donors (Lipinski definition) is 1. The van der Waals surface area contributed by atoms with Gasteiger partial charge in [0.2, 0.25) is 0 Å². The van der Waals surface area contributed by atoms with Crippen molar-refractivity contribution in [1.82, 2.24) is 0 Å². The van der Waals surface area contributed by atoms with Crippen LogP contribution in [-0.2, 0) is 0 Å². The SMILES string of the molecule is CC(F)(F)Oc1ccc(OCCCCCCCCC#N)cc1.Cc1ccc(F)c(C(N)=O)c1F. The molecule has 2 aromatic rings. The molecular formula is C25H30F4N2O3. The number of hydrogen-bond acceptors (Lipinski definition) is 4. The number of rotatable bonds is 12. The lowest BCUT2D eigenvalue weighted by Gasteiger charge is -2.13. The minimum atomic E-state index is -3.17. The predicted octanol–water partition coefficient (Wildman–Crippen LogP) is 6.68. The van der Waals surface area contributed by atoms with Crippen LogP contribution in [0.3, 0.4) is 0 Å². The Morgan fingerprint density at radius 3 is 2.06 bits per heavy atom. The van der Waals surface area contributed by atoms with Gasteiger partial charge in [0.25, 0.3) is 5.91 Å². The lowest BCUT2D eigenvalue weighted by Crippen LogP contribution is -2.18. The second kappa shape index (κ2) is 14.8. The highest BCUT2D eigenvalue weighted by atomic mass is 19.3. The molecule has 0 aliphatic heterocycles. The zero-order valence-electron chi connectivity index (χ0n) is 19.4. The number of amides is 1. The highest BCUT2D eigenvalue weighted by molar-refractivity contribution is 5.93. The Morgan fingerprint density at radius 2 is 1.53 bits per heavy atom. The number of nitrogens with zero attached hydrogens (tertiary/aromatic N) is 1. The topological polar surface area (TPSA) is 85.3 Å². The van der Waals surface area contributed by atoms with Crippen molar-refractivity contribution in [2.45, 2.75) is 64.9 Å². The summed E-state index contributed by atoms with van der Waals surface area (Å²) in [5.74, 6) is -2.13. The molecule has 2 N–H and O–H groups in total. The van der Waals surface area contributed by atoms with Crippen molar-refractivity contribution in [2.75, 3.05) is 6.61 Å². The van der Waals surface area contributed by atoms with E-state index in [0.717, 1.165) is 44.6 Å². The van der Waals surface area contributed by atoms with Crippen LogP contribution < -0.4 is 15.2 Å². The summed E-state index contributed by atoms with van der Waals surface area (Å²) >= 11 is 0. The molecule has 0 unspecified atom stereocenters. The van der Waals surface area contributed by atoms with E-state index in [1.807, 2.05) is 0 Å². The zero-order valence-corrected chi connectivity index (χ0v) is 19.4. The monoisotopic (exact) mass is 482 g/mol. The van der Waals surface area contributed by atoms with E-state index in [-0.39, 0.29) is 11.3 Å². The van der Waals surface area contributed by atoms with Gasteiger partial charge in [-0.2, -0.15) is 14.0 Å². The second-order valence-electron chi connectivity index (χ2n) is 7.68. The van der Waals surface area contributed by atoms with Gasteiger partial charge >= 0.3 is 6.11 Å². The van der Waals surface area contributed by atoms with Crippen LogP contribution in [0, 0.1) is 29.9 Å². The molecule has 9 heteroatoms. The standard InChI is InChI=1S/C17H23F2NO2.C8H7F2NO/c1-17(18,19)22-16-11-9-15(10-12-16)21-14-8-6-4-2-3-5-7-13-20;1-4-2-3-5(9)6(7(4)10)8(11)12/h9-12H,2-8,14H2,1H3;2-3H,1H3,(H2,11,12). The minimum Gasteiger partial charge on any atom is -0.494 e. The summed E-state index contributed by atoms with van der Waals surface area (Å²) in [5, 5.41) is 8.41. The van der Waals surface area contributed by atoms with Crippen molar-refractivity contribution in [3.05, 3.63) is 59.2 Å². The molecule has 0 aromatic heterocycles. The Balaban J connectivity index is 0.000000404. The van der Waals surface area contributed by atoms with Crippen molar-refractivity contribution in [3.63, 3.8) is 0 Å². The van der Waals surface area contributed by atoms with Crippen LogP contribution in [-0.4, -0.2) is 18.6 Å². The van der Waals surface area contributed by atoms with Gasteiger partial charge in [0.15, 0.2) is 0 Å². The Hall–Kier alpha value is -3.28. The van der Waals surface area contributed by atoms with Crippen LogP contribution in [0.5, 0.6) is 11.5 Å². The van der Waals surface area contributed by atoms with Gasteiger partial charge in [-0.3, -0.25) is 4.79 Å². The summed E-state index contributed by atoms with van der Waals surface area (Å²) in [6.45, 7) is 2.75. The maximum Gasteiger partial charge on any atom is 0.394 e. The third-order valence-electron chi connectivity index (χ3n) is 4.60. The lowest BCUT2D eigenvalue weighted by molar-refractivity contribution is -0.158. The van der Waals surface area contributed by atoms with E-state index < -0.39 is 29.2 Å². The highest BCUT2D eigenvalue weighted by Gasteiger charge is 2.22. The van der Waals surface area contributed by atoms with Crippen LogP contribution in [0.15, 0.2) is 36.4 Å². The van der Waals surface area contributed by atoms with Gasteiger partial charge in [-0.25, -0.2) is 8.78 Å². The Morgan fingerprint density at radius 1 is 0.971 bits per heavy atom. The number of ether oxygens (including phenoxy) is 2. The number of alkyl halides is 2. The molecule has 2 rings (SSSR count). The average molecular weight is 483 g/mol. The zero-order chi connectivity index (χ0) is 25.6. The number of carbonyl (C=O) groups is 1. The summed E-state index contributed by atoms with van der Waals surface area (Å²) in [6, 6.07) is 10.6. The smallest absolute Gasteiger partial charge is 0.394 e. The van der Waals surface area contributed by atoms with E-state index in [2.05, 4.69) is 10.8 Å². The van der Waals surface area contributed by atoms with Crippen molar-refractivity contribution in [3.8, 4) is 17.6 Å². The van der Waals surface area contributed by atoms with Gasteiger partial charge in [-0.15, -0.1) is 0 Å². The molecule has 186 valence electrons. The van der Waals surface area contributed by atoms with Crippen LogP contribution in [0.2, 0.25) is 0 Å². The van der Waals surface area contributed by atoms with Crippen LogP contribution in [0.4, 0.5) is 17.6 Å². The van der Waals surface area contributed by atoms with E-state index in [4.69, 9.17) is 15.7 Å². The first-order valence-corrected chi connectivity index (χ1v) is 11.0. The molecule has 0 bridgehead atoms. The molecule has 0 fully saturated rings. The largest absolute Gasteiger partial charge is 0.494 e. The average Bonchev–Trinajstić information content (AvgIpc) is 2.76. The number of primary amides is 1. The molecule has 0 aliphatic carbocycles. The third kappa shape index (κ3) is 11.5. The predicted molar refractivity (Wildman–Crippen MR) is 121 cm³/mol. The normalized spacial score (nSPS) is 10.6. The van der Waals surface area contributed by atoms with E-state index >= 15 is 0 Å². The fourth-order valence-electron chi connectivity index (χ4n) is 2.90. The summed E-state index contributed by atoms with van der Waals surface area (Å²) in [7, 11) is 0. The molecule has 1 amide bonds. The van der Waals surface area contributed by atoms with Crippen molar-refractivity contribution >= 4 is 5.91 Å². The molecule has 2 aromatic carbocycles. The first-order chi connectivity index (χ1) is 16.0. The Kier molecular flexibility index (Phi) is 12.5. The molecule has 0 saturated carbocycles. The molecule has 34 heavy (non-hydrogen) atoms. The van der Waals surface area contributed by atoms with Crippen molar-refractivity contribution in [2.24, 2.45) is 5.73 Å².